The molecule has 0 heterocycles. The zero-order valence-corrected chi connectivity index (χ0v) is 5.86. The third-order valence-electron chi connectivity index (χ3n) is 1.76. The van der Waals surface area contributed by atoms with Gasteiger partial charge >= 0.3 is 0 Å². The lowest BCUT2D eigenvalue weighted by atomic mass is 9.91. The molecule has 1 aliphatic carbocycles. The van der Waals surface area contributed by atoms with Gasteiger partial charge in [-0.15, -0.1) is 0 Å². The molecule has 0 atom stereocenters. The number of nitrogens with one attached hydrogen (secondary N) is 1. The number of halogens is 1. The van der Waals surface area contributed by atoms with Crippen molar-refractivity contribution in [2.45, 2.75) is 38.4 Å². The highest BCUT2D eigenvalue weighted by Gasteiger charge is 2.27. The highest BCUT2D eigenvalue weighted by Crippen LogP contribution is 2.22. The van der Waals surface area contributed by atoms with E-state index in [9.17, 15) is 4.39 Å². The second-order valence-electron chi connectivity index (χ2n) is 2.72. The first-order valence-corrected chi connectivity index (χ1v) is 3.70. The summed E-state index contributed by atoms with van der Waals surface area (Å²) in [5.41, 5.74) is 0. The predicted octanol–water partition coefficient (Wildman–Crippen LogP) is 1.49. The van der Waals surface area contributed by atoms with E-state index in [0.717, 1.165) is 25.8 Å². The van der Waals surface area contributed by atoms with Gasteiger partial charge in [0.05, 0.1) is 0 Å². The molecule has 0 spiro atoms. The molecule has 0 aromatic carbocycles. The van der Waals surface area contributed by atoms with Crippen LogP contribution < -0.4 is 5.32 Å². The number of rotatable bonds is 3. The Labute approximate surface area is 55.6 Å². The summed E-state index contributed by atoms with van der Waals surface area (Å²) in [6.45, 7) is 3.16. The van der Waals surface area contributed by atoms with Crippen molar-refractivity contribution < 1.29 is 4.39 Å². The predicted molar refractivity (Wildman–Crippen MR) is 36.2 cm³/mol. The first-order chi connectivity index (χ1) is 4.33. The van der Waals surface area contributed by atoms with E-state index in [1.807, 2.05) is 0 Å². The van der Waals surface area contributed by atoms with Crippen LogP contribution in [0.2, 0.25) is 0 Å². The summed E-state index contributed by atoms with van der Waals surface area (Å²) >= 11 is 0. The zero-order valence-electron chi connectivity index (χ0n) is 5.86. The number of alkyl halides is 1. The number of hydrogen-bond donors (Lipinski definition) is 1. The lowest BCUT2D eigenvalue weighted by Gasteiger charge is -2.30. The third kappa shape index (κ3) is 1.94. The summed E-state index contributed by atoms with van der Waals surface area (Å²) in [5.74, 6) is 0. The summed E-state index contributed by atoms with van der Waals surface area (Å²) in [6, 6.07) is 0.486. The quantitative estimate of drug-likeness (QED) is 0.612. The minimum Gasteiger partial charge on any atom is -0.314 e. The van der Waals surface area contributed by atoms with Crippen molar-refractivity contribution >= 4 is 0 Å². The highest BCUT2D eigenvalue weighted by molar-refractivity contribution is 4.84. The van der Waals surface area contributed by atoms with Crippen LogP contribution in [0.15, 0.2) is 0 Å². The van der Waals surface area contributed by atoms with Crippen molar-refractivity contribution in [1.82, 2.24) is 5.32 Å². The molecule has 54 valence electrons. The fraction of sp³-hybridized carbons (Fsp3) is 1.00. The molecular formula is C7H14FN. The molecule has 0 amide bonds. The molecule has 0 saturated heterocycles. The first-order valence-electron chi connectivity index (χ1n) is 3.70. The standard InChI is InChI=1S/C7H14FN/c1-2-3-9-7-4-6(8)5-7/h6-7,9H,2-5H2,1H3. The van der Waals surface area contributed by atoms with Crippen LogP contribution in [0.1, 0.15) is 26.2 Å². The largest absolute Gasteiger partial charge is 0.314 e. The smallest absolute Gasteiger partial charge is 0.103 e. The molecule has 0 radical (unpaired) electrons. The van der Waals surface area contributed by atoms with Crippen molar-refractivity contribution in [3.63, 3.8) is 0 Å². The van der Waals surface area contributed by atoms with Crippen LogP contribution in [0.3, 0.4) is 0 Å². The fourth-order valence-corrected chi connectivity index (χ4v) is 1.06. The maximum atomic E-state index is 12.2. The molecule has 1 rings (SSSR count). The van der Waals surface area contributed by atoms with Crippen molar-refractivity contribution in [1.29, 1.82) is 0 Å². The van der Waals surface area contributed by atoms with E-state index in [-0.39, 0.29) is 0 Å². The van der Waals surface area contributed by atoms with Crippen LogP contribution in [0.5, 0.6) is 0 Å². The molecule has 1 saturated carbocycles. The monoisotopic (exact) mass is 131 g/mol. The summed E-state index contributed by atoms with van der Waals surface area (Å²) in [6.07, 6.45) is 2.10. The van der Waals surface area contributed by atoms with E-state index >= 15 is 0 Å². The van der Waals surface area contributed by atoms with Gasteiger partial charge in [-0.2, -0.15) is 0 Å². The van der Waals surface area contributed by atoms with E-state index < -0.39 is 6.17 Å². The molecule has 0 bridgehead atoms. The summed E-state index contributed by atoms with van der Waals surface area (Å²) in [7, 11) is 0. The van der Waals surface area contributed by atoms with Gasteiger partial charge in [-0.3, -0.25) is 0 Å². The molecule has 0 aromatic rings. The Morgan fingerprint density at radius 1 is 1.56 bits per heavy atom. The Hall–Kier alpha value is -0.110. The Morgan fingerprint density at radius 3 is 2.67 bits per heavy atom. The van der Waals surface area contributed by atoms with Crippen LogP contribution >= 0.6 is 0 Å². The molecule has 1 N–H and O–H groups in total. The average molecular weight is 131 g/mol. The van der Waals surface area contributed by atoms with Gasteiger partial charge in [0.2, 0.25) is 0 Å². The maximum absolute atomic E-state index is 12.2. The lowest BCUT2D eigenvalue weighted by Crippen LogP contribution is -2.42. The van der Waals surface area contributed by atoms with E-state index in [0.29, 0.717) is 6.04 Å². The summed E-state index contributed by atoms with van der Waals surface area (Å²) in [4.78, 5) is 0. The molecule has 1 fully saturated rings. The van der Waals surface area contributed by atoms with Crippen molar-refractivity contribution in [3.05, 3.63) is 0 Å². The van der Waals surface area contributed by atoms with Gasteiger partial charge in [0.25, 0.3) is 0 Å². The fourth-order valence-electron chi connectivity index (χ4n) is 1.06. The van der Waals surface area contributed by atoms with E-state index in [1.165, 1.54) is 0 Å². The third-order valence-corrected chi connectivity index (χ3v) is 1.76. The van der Waals surface area contributed by atoms with Crippen molar-refractivity contribution in [2.75, 3.05) is 6.54 Å². The van der Waals surface area contributed by atoms with Gasteiger partial charge in [0.1, 0.15) is 6.17 Å². The van der Waals surface area contributed by atoms with Gasteiger partial charge in [-0.05, 0) is 25.8 Å². The van der Waals surface area contributed by atoms with E-state index in [1.54, 1.807) is 0 Å². The van der Waals surface area contributed by atoms with Gasteiger partial charge in [-0.25, -0.2) is 4.39 Å². The zero-order chi connectivity index (χ0) is 6.69. The van der Waals surface area contributed by atoms with E-state index in [4.69, 9.17) is 0 Å². The second kappa shape index (κ2) is 3.16. The van der Waals surface area contributed by atoms with Crippen LogP contribution in [-0.2, 0) is 0 Å². The van der Waals surface area contributed by atoms with Gasteiger partial charge in [0, 0.05) is 6.04 Å². The maximum Gasteiger partial charge on any atom is 0.103 e. The molecule has 0 aromatic heterocycles. The van der Waals surface area contributed by atoms with Crippen molar-refractivity contribution in [3.8, 4) is 0 Å². The Kier molecular flexibility index (Phi) is 2.46. The van der Waals surface area contributed by atoms with Gasteiger partial charge in [0.15, 0.2) is 0 Å². The Morgan fingerprint density at radius 2 is 2.22 bits per heavy atom. The van der Waals surface area contributed by atoms with Crippen LogP contribution in [0, 0.1) is 0 Å². The molecular weight excluding hydrogens is 117 g/mol. The SMILES string of the molecule is CCCNC1CC(F)C1. The van der Waals surface area contributed by atoms with Gasteiger partial charge in [-0.1, -0.05) is 6.92 Å². The number of hydrogen-bond acceptors (Lipinski definition) is 1. The highest BCUT2D eigenvalue weighted by atomic mass is 19.1. The lowest BCUT2D eigenvalue weighted by molar-refractivity contribution is 0.156. The molecule has 1 nitrogen and oxygen atoms in total. The van der Waals surface area contributed by atoms with Crippen LogP contribution in [0.25, 0.3) is 0 Å². The molecule has 0 aliphatic heterocycles. The van der Waals surface area contributed by atoms with Crippen LogP contribution in [-0.4, -0.2) is 18.8 Å². The average Bonchev–Trinajstić information content (AvgIpc) is 1.78. The van der Waals surface area contributed by atoms with Crippen molar-refractivity contribution in [2.24, 2.45) is 0 Å². The van der Waals surface area contributed by atoms with E-state index in [2.05, 4.69) is 12.2 Å². The Bertz CT molecular complexity index is 79.0. The topological polar surface area (TPSA) is 12.0 Å². The summed E-state index contributed by atoms with van der Waals surface area (Å²) in [5, 5.41) is 3.26. The van der Waals surface area contributed by atoms with Crippen LogP contribution in [0.4, 0.5) is 4.39 Å². The second-order valence-corrected chi connectivity index (χ2v) is 2.72. The molecule has 9 heavy (non-hydrogen) atoms. The molecule has 1 aliphatic rings. The normalized spacial score (nSPS) is 34.0. The molecule has 2 heteroatoms. The van der Waals surface area contributed by atoms with Gasteiger partial charge < -0.3 is 5.32 Å². The first kappa shape index (κ1) is 7.00. The Balaban J connectivity index is 1.91. The molecule has 0 unspecified atom stereocenters. The summed E-state index contributed by atoms with van der Waals surface area (Å²) < 4.78 is 12.2. The minimum absolute atomic E-state index is 0.486. The minimum atomic E-state index is -0.514.